The SMILES string of the molecule is CCOC(=O)C=COP1(=O)OCC(C)O1. The molecule has 1 aliphatic rings. The molecule has 0 N–H and O–H groups in total. The van der Waals surface area contributed by atoms with Gasteiger partial charge in [-0.05, 0) is 13.8 Å². The van der Waals surface area contributed by atoms with Crippen molar-refractivity contribution in [2.45, 2.75) is 20.0 Å². The van der Waals surface area contributed by atoms with Crippen molar-refractivity contribution in [3.8, 4) is 0 Å². The van der Waals surface area contributed by atoms with Gasteiger partial charge in [0, 0.05) is 0 Å². The van der Waals surface area contributed by atoms with Crippen LogP contribution in [0.3, 0.4) is 0 Å². The number of phosphoric ester groups is 1. The quantitative estimate of drug-likeness (QED) is 0.319. The summed E-state index contributed by atoms with van der Waals surface area (Å²) in [5.41, 5.74) is 0. The fourth-order valence-electron chi connectivity index (χ4n) is 0.884. The Kier molecular flexibility index (Phi) is 4.32. The molecule has 0 bridgehead atoms. The van der Waals surface area contributed by atoms with Gasteiger partial charge in [0.05, 0.1) is 25.4 Å². The van der Waals surface area contributed by atoms with Gasteiger partial charge in [-0.25, -0.2) is 9.36 Å². The van der Waals surface area contributed by atoms with Crippen LogP contribution in [0.15, 0.2) is 12.3 Å². The van der Waals surface area contributed by atoms with Gasteiger partial charge in [-0.1, -0.05) is 0 Å². The summed E-state index contributed by atoms with van der Waals surface area (Å²) in [7, 11) is -3.50. The minimum absolute atomic E-state index is 0.213. The Morgan fingerprint density at radius 2 is 2.40 bits per heavy atom. The van der Waals surface area contributed by atoms with E-state index < -0.39 is 13.8 Å². The average molecular weight is 236 g/mol. The van der Waals surface area contributed by atoms with Crippen LogP contribution >= 0.6 is 7.82 Å². The molecular weight excluding hydrogens is 223 g/mol. The standard InChI is InChI=1S/C8H13O6P/c1-3-11-8(9)4-5-12-15(10)13-6-7(2)14-15/h4-5,7H,3,6H2,1-2H3. The summed E-state index contributed by atoms with van der Waals surface area (Å²) in [5, 5.41) is 0. The van der Waals surface area contributed by atoms with Crippen LogP contribution in [-0.4, -0.2) is 25.3 Å². The highest BCUT2D eigenvalue weighted by Crippen LogP contribution is 2.55. The van der Waals surface area contributed by atoms with Gasteiger partial charge in [-0.2, -0.15) is 0 Å². The molecule has 0 aromatic rings. The molecular formula is C8H13O6P. The average Bonchev–Trinajstić information content (AvgIpc) is 2.47. The van der Waals surface area contributed by atoms with E-state index in [-0.39, 0.29) is 19.3 Å². The van der Waals surface area contributed by atoms with Crippen LogP contribution in [0.2, 0.25) is 0 Å². The summed E-state index contributed by atoms with van der Waals surface area (Å²) >= 11 is 0. The molecule has 6 nitrogen and oxygen atoms in total. The van der Waals surface area contributed by atoms with E-state index in [1.165, 1.54) is 0 Å². The lowest BCUT2D eigenvalue weighted by atomic mass is 10.5. The third kappa shape index (κ3) is 4.03. The highest BCUT2D eigenvalue weighted by atomic mass is 31.2. The van der Waals surface area contributed by atoms with Gasteiger partial charge in [0.15, 0.2) is 0 Å². The number of ether oxygens (including phenoxy) is 1. The summed E-state index contributed by atoms with van der Waals surface area (Å²) in [6.45, 7) is 3.87. The van der Waals surface area contributed by atoms with E-state index in [0.29, 0.717) is 0 Å². The molecule has 0 amide bonds. The first-order chi connectivity index (χ1) is 7.06. The van der Waals surface area contributed by atoms with Crippen LogP contribution in [0.1, 0.15) is 13.8 Å². The summed E-state index contributed by atoms with van der Waals surface area (Å²) in [6, 6.07) is 0. The molecule has 1 heterocycles. The first-order valence-corrected chi connectivity index (χ1v) is 5.96. The smallest absolute Gasteiger partial charge is 0.463 e. The Hall–Kier alpha value is -0.840. The lowest BCUT2D eigenvalue weighted by Crippen LogP contribution is -2.00. The normalized spacial score (nSPS) is 30.7. The van der Waals surface area contributed by atoms with Crippen LogP contribution < -0.4 is 0 Å². The zero-order valence-corrected chi connectivity index (χ0v) is 9.44. The van der Waals surface area contributed by atoms with Crippen LogP contribution in [0.5, 0.6) is 0 Å². The van der Waals surface area contributed by atoms with Crippen molar-refractivity contribution < 1.29 is 27.7 Å². The monoisotopic (exact) mass is 236 g/mol. The maximum Gasteiger partial charge on any atom is 0.529 e. The van der Waals surface area contributed by atoms with Gasteiger partial charge in [-0.15, -0.1) is 0 Å². The first kappa shape index (κ1) is 12.2. The maximum absolute atomic E-state index is 11.5. The molecule has 1 rings (SSSR count). The molecule has 2 unspecified atom stereocenters. The summed E-state index contributed by atoms with van der Waals surface area (Å²) < 4.78 is 30.5. The summed E-state index contributed by atoms with van der Waals surface area (Å²) in [5.74, 6) is -0.573. The van der Waals surface area contributed by atoms with Gasteiger partial charge in [0.1, 0.15) is 6.26 Å². The molecule has 0 aromatic heterocycles. The topological polar surface area (TPSA) is 71.1 Å². The van der Waals surface area contributed by atoms with Crippen LogP contribution in [0.4, 0.5) is 0 Å². The van der Waals surface area contributed by atoms with Gasteiger partial charge in [-0.3, -0.25) is 9.05 Å². The molecule has 7 heteroatoms. The van der Waals surface area contributed by atoms with Crippen molar-refractivity contribution in [2.24, 2.45) is 0 Å². The Balaban J connectivity index is 2.36. The van der Waals surface area contributed by atoms with Crippen molar-refractivity contribution in [1.82, 2.24) is 0 Å². The van der Waals surface area contributed by atoms with Crippen LogP contribution in [0, 0.1) is 0 Å². The Labute approximate surface area is 87.8 Å². The maximum atomic E-state index is 11.5. The van der Waals surface area contributed by atoms with E-state index in [1.807, 2.05) is 0 Å². The number of carbonyl (C=O) groups is 1. The highest BCUT2D eigenvalue weighted by molar-refractivity contribution is 7.48. The lowest BCUT2D eigenvalue weighted by Gasteiger charge is -2.06. The molecule has 2 atom stereocenters. The number of carbonyl (C=O) groups excluding carboxylic acids is 1. The van der Waals surface area contributed by atoms with Crippen LogP contribution in [0.25, 0.3) is 0 Å². The predicted octanol–water partition coefficient (Wildman–Crippen LogP) is 1.62. The minimum atomic E-state index is -3.50. The fraction of sp³-hybridized carbons (Fsp3) is 0.625. The zero-order chi connectivity index (χ0) is 11.3. The van der Waals surface area contributed by atoms with E-state index in [2.05, 4.69) is 4.74 Å². The second-order valence-corrected chi connectivity index (χ2v) is 4.39. The molecule has 0 spiro atoms. The molecule has 0 aliphatic carbocycles. The van der Waals surface area contributed by atoms with E-state index in [9.17, 15) is 9.36 Å². The molecule has 15 heavy (non-hydrogen) atoms. The Bertz CT molecular complexity index is 300. The second kappa shape index (κ2) is 5.30. The van der Waals surface area contributed by atoms with Crippen molar-refractivity contribution in [3.05, 3.63) is 12.3 Å². The number of rotatable bonds is 4. The van der Waals surface area contributed by atoms with Gasteiger partial charge < -0.3 is 9.26 Å². The van der Waals surface area contributed by atoms with E-state index >= 15 is 0 Å². The van der Waals surface area contributed by atoms with E-state index in [4.69, 9.17) is 13.6 Å². The van der Waals surface area contributed by atoms with Crippen molar-refractivity contribution in [1.29, 1.82) is 0 Å². The second-order valence-electron chi connectivity index (χ2n) is 2.82. The molecule has 0 saturated carbocycles. The number of phosphoric acid groups is 1. The minimum Gasteiger partial charge on any atom is -0.463 e. The lowest BCUT2D eigenvalue weighted by molar-refractivity contribution is -0.137. The Morgan fingerprint density at radius 1 is 1.67 bits per heavy atom. The first-order valence-electron chi connectivity index (χ1n) is 4.50. The zero-order valence-electron chi connectivity index (χ0n) is 8.54. The summed E-state index contributed by atoms with van der Waals surface area (Å²) in [4.78, 5) is 10.8. The van der Waals surface area contributed by atoms with Crippen molar-refractivity contribution in [3.63, 3.8) is 0 Å². The van der Waals surface area contributed by atoms with Crippen LogP contribution in [-0.2, 0) is 27.7 Å². The van der Waals surface area contributed by atoms with E-state index in [1.54, 1.807) is 13.8 Å². The molecule has 1 saturated heterocycles. The molecule has 0 radical (unpaired) electrons. The third-order valence-electron chi connectivity index (χ3n) is 1.46. The Morgan fingerprint density at radius 3 is 2.93 bits per heavy atom. The van der Waals surface area contributed by atoms with Gasteiger partial charge in [0.25, 0.3) is 0 Å². The number of hydrogen-bond donors (Lipinski definition) is 0. The van der Waals surface area contributed by atoms with Gasteiger partial charge in [0.2, 0.25) is 0 Å². The third-order valence-corrected chi connectivity index (χ3v) is 2.92. The fourth-order valence-corrected chi connectivity index (χ4v) is 2.16. The number of esters is 1. The largest absolute Gasteiger partial charge is 0.529 e. The predicted molar refractivity (Wildman–Crippen MR) is 51.0 cm³/mol. The van der Waals surface area contributed by atoms with Crippen molar-refractivity contribution in [2.75, 3.05) is 13.2 Å². The molecule has 0 aromatic carbocycles. The highest BCUT2D eigenvalue weighted by Gasteiger charge is 2.36. The van der Waals surface area contributed by atoms with E-state index in [0.717, 1.165) is 12.3 Å². The van der Waals surface area contributed by atoms with Crippen molar-refractivity contribution >= 4 is 13.8 Å². The number of hydrogen-bond acceptors (Lipinski definition) is 6. The molecule has 1 aliphatic heterocycles. The summed E-state index contributed by atoms with van der Waals surface area (Å²) in [6.07, 6.45) is 1.70. The molecule has 86 valence electrons. The molecule has 1 fully saturated rings. The van der Waals surface area contributed by atoms with Gasteiger partial charge >= 0.3 is 13.8 Å².